The molecule has 0 aromatic heterocycles. The van der Waals surface area contributed by atoms with Crippen LogP contribution in [0.3, 0.4) is 0 Å². The van der Waals surface area contributed by atoms with Gasteiger partial charge in [-0.2, -0.15) is 0 Å². The van der Waals surface area contributed by atoms with Crippen LogP contribution in [0.5, 0.6) is 0 Å². The number of non-ortho nitro benzene ring substituents is 1. The molecule has 1 aromatic rings. The Labute approximate surface area is 113 Å². The second-order valence-electron chi connectivity index (χ2n) is 5.93. The van der Waals surface area contributed by atoms with Crippen LogP contribution in [-0.2, 0) is 0 Å². The zero-order chi connectivity index (χ0) is 14.8. The van der Waals surface area contributed by atoms with Crippen LogP contribution in [0.25, 0.3) is 0 Å². The molecule has 0 atom stereocenters. The molecule has 5 nitrogen and oxygen atoms in total. The first-order valence-corrected chi connectivity index (χ1v) is 6.12. The first kappa shape index (κ1) is 15.1. The van der Waals surface area contributed by atoms with Gasteiger partial charge in [0.05, 0.1) is 4.92 Å². The number of nitrogens with zero attached hydrogens (tertiary/aromatic N) is 2. The van der Waals surface area contributed by atoms with Crippen LogP contribution < -0.4 is 4.90 Å². The average Bonchev–Trinajstić information content (AvgIpc) is 2.25. The van der Waals surface area contributed by atoms with Crippen LogP contribution in [0.15, 0.2) is 18.2 Å². The zero-order valence-electron chi connectivity index (χ0n) is 12.1. The van der Waals surface area contributed by atoms with Crippen molar-refractivity contribution in [3.8, 4) is 0 Å². The Kier molecular flexibility index (Phi) is 4.29. The lowest BCUT2D eigenvalue weighted by molar-refractivity contribution is -0.384. The molecule has 0 aliphatic rings. The lowest BCUT2D eigenvalue weighted by atomic mass is 9.95. The summed E-state index contributed by atoms with van der Waals surface area (Å²) in [6.45, 7) is 8.48. The molecular formula is C14H20N2O3. The molecule has 0 saturated carbocycles. The van der Waals surface area contributed by atoms with Gasteiger partial charge in [-0.25, -0.2) is 0 Å². The van der Waals surface area contributed by atoms with E-state index in [1.165, 1.54) is 19.1 Å². The molecule has 0 radical (unpaired) electrons. The Morgan fingerprint density at radius 1 is 1.37 bits per heavy atom. The fourth-order valence-electron chi connectivity index (χ4n) is 2.05. The van der Waals surface area contributed by atoms with E-state index in [2.05, 4.69) is 20.8 Å². The van der Waals surface area contributed by atoms with E-state index in [-0.39, 0.29) is 16.9 Å². The third kappa shape index (κ3) is 4.05. The first-order chi connectivity index (χ1) is 8.61. The number of nitro benzene ring substituents is 1. The monoisotopic (exact) mass is 264 g/mol. The first-order valence-electron chi connectivity index (χ1n) is 6.12. The van der Waals surface area contributed by atoms with Crippen molar-refractivity contribution < 1.29 is 9.72 Å². The van der Waals surface area contributed by atoms with Crippen molar-refractivity contribution in [3.63, 3.8) is 0 Å². The number of carbonyl (C=O) groups excluding carboxylic acids is 1. The average molecular weight is 264 g/mol. The van der Waals surface area contributed by atoms with Gasteiger partial charge in [-0.3, -0.25) is 14.9 Å². The predicted molar refractivity (Wildman–Crippen MR) is 75.8 cm³/mol. The lowest BCUT2D eigenvalue weighted by Gasteiger charge is -2.29. The molecule has 0 heterocycles. The van der Waals surface area contributed by atoms with Crippen LogP contribution >= 0.6 is 0 Å². The van der Waals surface area contributed by atoms with E-state index in [1.807, 2.05) is 11.9 Å². The molecule has 104 valence electrons. The molecule has 0 fully saturated rings. The normalized spacial score (nSPS) is 11.2. The van der Waals surface area contributed by atoms with E-state index in [1.54, 1.807) is 6.07 Å². The molecule has 0 saturated heterocycles. The quantitative estimate of drug-likeness (QED) is 0.475. The maximum Gasteiger partial charge on any atom is 0.270 e. The molecule has 0 unspecified atom stereocenters. The molecule has 0 amide bonds. The predicted octanol–water partition coefficient (Wildman–Crippen LogP) is 3.28. The molecule has 1 aromatic carbocycles. The van der Waals surface area contributed by atoms with Gasteiger partial charge < -0.3 is 4.90 Å². The Morgan fingerprint density at radius 3 is 2.37 bits per heavy atom. The van der Waals surface area contributed by atoms with E-state index in [0.717, 1.165) is 12.2 Å². The second-order valence-corrected chi connectivity index (χ2v) is 5.93. The highest BCUT2D eigenvalue weighted by atomic mass is 16.6. The molecule has 0 aliphatic carbocycles. The summed E-state index contributed by atoms with van der Waals surface area (Å²) in [6.07, 6.45) is 0. The third-order valence-electron chi connectivity index (χ3n) is 2.69. The standard InChI is InChI=1S/C14H20N2O3/c1-10(17)12-8-11(16(18)19)6-7-13(12)15(5)9-14(2,3)4/h6-8H,9H2,1-5H3. The fourth-order valence-corrected chi connectivity index (χ4v) is 2.05. The minimum absolute atomic E-state index is 0.0573. The molecular weight excluding hydrogens is 244 g/mol. The molecule has 0 bridgehead atoms. The minimum Gasteiger partial charge on any atom is -0.373 e. The highest BCUT2D eigenvalue weighted by Gasteiger charge is 2.20. The summed E-state index contributed by atoms with van der Waals surface area (Å²) >= 11 is 0. The van der Waals surface area contributed by atoms with Gasteiger partial charge >= 0.3 is 0 Å². The van der Waals surface area contributed by atoms with Gasteiger partial charge in [-0.15, -0.1) is 0 Å². The van der Waals surface area contributed by atoms with Crippen molar-refractivity contribution >= 4 is 17.2 Å². The summed E-state index contributed by atoms with van der Waals surface area (Å²) in [5.74, 6) is -0.167. The third-order valence-corrected chi connectivity index (χ3v) is 2.69. The van der Waals surface area contributed by atoms with Crippen molar-refractivity contribution in [2.45, 2.75) is 27.7 Å². The van der Waals surface area contributed by atoms with Gasteiger partial charge in [0.1, 0.15) is 0 Å². The Balaban J connectivity index is 3.20. The van der Waals surface area contributed by atoms with Crippen LogP contribution in [0, 0.1) is 15.5 Å². The summed E-state index contributed by atoms with van der Waals surface area (Å²) < 4.78 is 0. The van der Waals surface area contributed by atoms with Crippen LogP contribution in [0.4, 0.5) is 11.4 Å². The van der Waals surface area contributed by atoms with E-state index < -0.39 is 4.92 Å². The van der Waals surface area contributed by atoms with Crippen molar-refractivity contribution in [1.82, 2.24) is 0 Å². The van der Waals surface area contributed by atoms with Crippen LogP contribution in [0.2, 0.25) is 0 Å². The van der Waals surface area contributed by atoms with Gasteiger partial charge in [-0.1, -0.05) is 20.8 Å². The molecule has 5 heteroatoms. The summed E-state index contributed by atoms with van der Waals surface area (Å²) in [5, 5.41) is 10.8. The van der Waals surface area contributed by atoms with E-state index >= 15 is 0 Å². The smallest absolute Gasteiger partial charge is 0.270 e. The maximum atomic E-state index is 11.7. The van der Waals surface area contributed by atoms with Gasteiger partial charge in [0, 0.05) is 37.0 Å². The van der Waals surface area contributed by atoms with Crippen LogP contribution in [0.1, 0.15) is 38.1 Å². The van der Waals surface area contributed by atoms with E-state index in [4.69, 9.17) is 0 Å². The number of anilines is 1. The van der Waals surface area contributed by atoms with Crippen molar-refractivity contribution in [1.29, 1.82) is 0 Å². The number of carbonyl (C=O) groups is 1. The number of nitro groups is 1. The largest absolute Gasteiger partial charge is 0.373 e. The highest BCUT2D eigenvalue weighted by molar-refractivity contribution is 6.00. The summed E-state index contributed by atoms with van der Waals surface area (Å²) in [7, 11) is 1.89. The van der Waals surface area contributed by atoms with Crippen molar-refractivity contribution in [2.75, 3.05) is 18.5 Å². The molecule has 1 rings (SSSR count). The van der Waals surface area contributed by atoms with E-state index in [9.17, 15) is 14.9 Å². The molecule has 0 aliphatic heterocycles. The van der Waals surface area contributed by atoms with Crippen molar-refractivity contribution in [3.05, 3.63) is 33.9 Å². The van der Waals surface area contributed by atoms with E-state index in [0.29, 0.717) is 5.56 Å². The summed E-state index contributed by atoms with van der Waals surface area (Å²) in [6, 6.07) is 4.42. The topological polar surface area (TPSA) is 63.4 Å². The minimum atomic E-state index is -0.486. The fraction of sp³-hybridized carbons (Fsp3) is 0.500. The Bertz CT molecular complexity index is 504. The number of ketones is 1. The lowest BCUT2D eigenvalue weighted by Crippen LogP contribution is -2.30. The van der Waals surface area contributed by atoms with Gasteiger partial charge in [0.2, 0.25) is 0 Å². The number of hydrogen-bond donors (Lipinski definition) is 0. The second kappa shape index (κ2) is 5.38. The summed E-state index contributed by atoms with van der Waals surface area (Å²) in [4.78, 5) is 23.9. The molecule has 0 spiro atoms. The Hall–Kier alpha value is -1.91. The zero-order valence-corrected chi connectivity index (χ0v) is 12.1. The van der Waals surface area contributed by atoms with Gasteiger partial charge in [0.25, 0.3) is 5.69 Å². The number of benzene rings is 1. The molecule has 19 heavy (non-hydrogen) atoms. The number of rotatable bonds is 4. The van der Waals surface area contributed by atoms with Gasteiger partial charge in [-0.05, 0) is 18.4 Å². The van der Waals surface area contributed by atoms with Gasteiger partial charge in [0.15, 0.2) is 5.78 Å². The van der Waals surface area contributed by atoms with Crippen molar-refractivity contribution in [2.24, 2.45) is 5.41 Å². The number of hydrogen-bond acceptors (Lipinski definition) is 4. The number of Topliss-reactive ketones (excluding diaryl/α,β-unsaturated/α-hetero) is 1. The SMILES string of the molecule is CC(=O)c1cc([N+](=O)[O-])ccc1N(C)CC(C)(C)C. The summed E-state index contributed by atoms with van der Waals surface area (Å²) in [5.41, 5.74) is 1.14. The highest BCUT2D eigenvalue weighted by Crippen LogP contribution is 2.27. The maximum absolute atomic E-state index is 11.7. The van der Waals surface area contributed by atoms with Crippen LogP contribution in [-0.4, -0.2) is 24.3 Å². The Morgan fingerprint density at radius 2 is 1.95 bits per heavy atom. The molecule has 0 N–H and O–H groups in total.